The minimum absolute atomic E-state index is 0.0406. The van der Waals surface area contributed by atoms with Crippen LogP contribution < -0.4 is 0 Å². The van der Waals surface area contributed by atoms with E-state index in [-0.39, 0.29) is 17.0 Å². The van der Waals surface area contributed by atoms with Gasteiger partial charge in [-0.25, -0.2) is 4.79 Å². The molecule has 1 aliphatic heterocycles. The first-order chi connectivity index (χ1) is 8.72. The fraction of sp³-hybridized carbons (Fsp3) is 0.800. The summed E-state index contributed by atoms with van der Waals surface area (Å²) in [4.78, 5) is 11.5. The maximum absolute atomic E-state index is 11.5. The van der Waals surface area contributed by atoms with Crippen LogP contribution in [0, 0.1) is 11.3 Å². The number of esters is 1. The van der Waals surface area contributed by atoms with Gasteiger partial charge in [0.15, 0.2) is 0 Å². The van der Waals surface area contributed by atoms with Crippen molar-refractivity contribution in [3.63, 3.8) is 0 Å². The summed E-state index contributed by atoms with van der Waals surface area (Å²) in [6.07, 6.45) is 11.1. The lowest BCUT2D eigenvalue weighted by atomic mass is 9.73. The number of ether oxygens (including phenoxy) is 2. The third-order valence-corrected chi connectivity index (χ3v) is 5.03. The van der Waals surface area contributed by atoms with Crippen molar-refractivity contribution < 1.29 is 14.3 Å². The average molecular weight is 250 g/mol. The molecule has 0 aromatic heterocycles. The average Bonchev–Trinajstić information content (AvgIpc) is 3.05. The Labute approximate surface area is 109 Å². The summed E-state index contributed by atoms with van der Waals surface area (Å²) >= 11 is 0. The molecule has 2 saturated carbocycles. The molecule has 100 valence electrons. The first-order valence-electron chi connectivity index (χ1n) is 7.22. The SMILES string of the molecule is CCOC(=O)/C=C/[C@]12CC1COC21CCCCC1. The third kappa shape index (κ3) is 1.71. The first-order valence-corrected chi connectivity index (χ1v) is 7.22. The Morgan fingerprint density at radius 1 is 1.39 bits per heavy atom. The Kier molecular flexibility index (Phi) is 2.97. The number of fused-ring (bicyclic) bond motifs is 2. The molecule has 0 N–H and O–H groups in total. The minimum Gasteiger partial charge on any atom is -0.463 e. The van der Waals surface area contributed by atoms with Crippen LogP contribution >= 0.6 is 0 Å². The van der Waals surface area contributed by atoms with Crippen LogP contribution in [0.15, 0.2) is 12.2 Å². The maximum atomic E-state index is 11.5. The Morgan fingerprint density at radius 3 is 2.83 bits per heavy atom. The van der Waals surface area contributed by atoms with Gasteiger partial charge >= 0.3 is 5.97 Å². The summed E-state index contributed by atoms with van der Waals surface area (Å²) in [6.45, 7) is 3.17. The summed E-state index contributed by atoms with van der Waals surface area (Å²) in [6, 6.07) is 0. The molecule has 3 fully saturated rings. The quantitative estimate of drug-likeness (QED) is 0.570. The number of carbonyl (C=O) groups excluding carboxylic acids is 1. The molecule has 3 aliphatic rings. The van der Waals surface area contributed by atoms with Crippen LogP contribution in [0.2, 0.25) is 0 Å². The van der Waals surface area contributed by atoms with Crippen molar-refractivity contribution >= 4 is 5.97 Å². The van der Waals surface area contributed by atoms with E-state index in [0.717, 1.165) is 19.4 Å². The summed E-state index contributed by atoms with van der Waals surface area (Å²) in [5, 5.41) is 0. The summed E-state index contributed by atoms with van der Waals surface area (Å²) in [5.41, 5.74) is 0.194. The molecule has 18 heavy (non-hydrogen) atoms. The van der Waals surface area contributed by atoms with Crippen LogP contribution in [-0.4, -0.2) is 24.8 Å². The van der Waals surface area contributed by atoms with Crippen molar-refractivity contribution in [2.75, 3.05) is 13.2 Å². The highest BCUT2D eigenvalue weighted by atomic mass is 16.5. The Hall–Kier alpha value is -0.830. The highest BCUT2D eigenvalue weighted by Gasteiger charge is 2.70. The van der Waals surface area contributed by atoms with Crippen molar-refractivity contribution in [3.05, 3.63) is 12.2 Å². The van der Waals surface area contributed by atoms with E-state index in [4.69, 9.17) is 9.47 Å². The van der Waals surface area contributed by atoms with E-state index in [9.17, 15) is 4.79 Å². The Morgan fingerprint density at radius 2 is 2.17 bits per heavy atom. The van der Waals surface area contributed by atoms with Crippen molar-refractivity contribution in [1.29, 1.82) is 0 Å². The molecule has 1 spiro atoms. The molecule has 0 amide bonds. The Bertz CT molecular complexity index is 368. The molecule has 1 unspecified atom stereocenters. The molecular weight excluding hydrogens is 228 g/mol. The molecule has 1 saturated heterocycles. The standard InChI is InChI=1S/C15H22O3/c1-2-17-13(16)6-9-14-10-12(14)11-18-15(14)7-4-3-5-8-15/h6,9,12H,2-5,7-8,10-11H2,1H3/b9-6+/t12?,14-/m0/s1. The molecule has 0 radical (unpaired) electrons. The van der Waals surface area contributed by atoms with Gasteiger partial charge in [0.2, 0.25) is 0 Å². The van der Waals surface area contributed by atoms with Crippen molar-refractivity contribution in [1.82, 2.24) is 0 Å². The maximum Gasteiger partial charge on any atom is 0.330 e. The van der Waals surface area contributed by atoms with Gasteiger partial charge in [-0.1, -0.05) is 25.3 Å². The second-order valence-corrected chi connectivity index (χ2v) is 5.89. The second kappa shape index (κ2) is 4.37. The van der Waals surface area contributed by atoms with Crippen molar-refractivity contribution in [2.24, 2.45) is 11.3 Å². The van der Waals surface area contributed by atoms with Gasteiger partial charge in [-0.3, -0.25) is 0 Å². The number of hydrogen-bond acceptors (Lipinski definition) is 3. The zero-order valence-corrected chi connectivity index (χ0v) is 11.1. The molecule has 3 heteroatoms. The number of carbonyl (C=O) groups is 1. The molecule has 1 heterocycles. The van der Waals surface area contributed by atoms with E-state index in [2.05, 4.69) is 6.08 Å². The topological polar surface area (TPSA) is 35.5 Å². The van der Waals surface area contributed by atoms with E-state index < -0.39 is 0 Å². The lowest BCUT2D eigenvalue weighted by molar-refractivity contribution is -0.137. The smallest absolute Gasteiger partial charge is 0.330 e. The van der Waals surface area contributed by atoms with Crippen molar-refractivity contribution in [3.8, 4) is 0 Å². The molecule has 2 aliphatic carbocycles. The molecule has 3 nitrogen and oxygen atoms in total. The molecule has 0 aromatic carbocycles. The van der Waals surface area contributed by atoms with E-state index in [0.29, 0.717) is 12.5 Å². The summed E-state index contributed by atoms with van der Waals surface area (Å²) in [5.74, 6) is 0.427. The number of hydrogen-bond donors (Lipinski definition) is 0. The van der Waals surface area contributed by atoms with Gasteiger partial charge in [0, 0.05) is 11.5 Å². The predicted octanol–water partition coefficient (Wildman–Crippen LogP) is 2.85. The van der Waals surface area contributed by atoms with Gasteiger partial charge in [0.25, 0.3) is 0 Å². The highest BCUT2D eigenvalue weighted by Crippen LogP contribution is 2.70. The van der Waals surface area contributed by atoms with E-state index in [1.165, 1.54) is 25.7 Å². The second-order valence-electron chi connectivity index (χ2n) is 5.89. The van der Waals surface area contributed by atoms with Crippen LogP contribution in [0.3, 0.4) is 0 Å². The largest absolute Gasteiger partial charge is 0.463 e. The van der Waals surface area contributed by atoms with Gasteiger partial charge in [-0.15, -0.1) is 0 Å². The predicted molar refractivity (Wildman–Crippen MR) is 68.1 cm³/mol. The van der Waals surface area contributed by atoms with E-state index in [1.54, 1.807) is 6.08 Å². The van der Waals surface area contributed by atoms with Gasteiger partial charge in [0.05, 0.1) is 18.8 Å². The fourth-order valence-corrected chi connectivity index (χ4v) is 4.00. The van der Waals surface area contributed by atoms with Gasteiger partial charge in [-0.05, 0) is 32.1 Å². The summed E-state index contributed by atoms with van der Waals surface area (Å²) in [7, 11) is 0. The van der Waals surface area contributed by atoms with Gasteiger partial charge < -0.3 is 9.47 Å². The minimum atomic E-state index is -0.213. The molecule has 2 atom stereocenters. The zero-order chi connectivity index (χ0) is 12.6. The van der Waals surface area contributed by atoms with Crippen LogP contribution in [0.4, 0.5) is 0 Å². The van der Waals surface area contributed by atoms with Crippen molar-refractivity contribution in [2.45, 2.75) is 51.0 Å². The van der Waals surface area contributed by atoms with E-state index in [1.807, 2.05) is 6.92 Å². The van der Waals surface area contributed by atoms with Crippen LogP contribution in [-0.2, 0) is 14.3 Å². The summed E-state index contributed by atoms with van der Waals surface area (Å²) < 4.78 is 11.1. The van der Waals surface area contributed by atoms with Crippen LogP contribution in [0.5, 0.6) is 0 Å². The fourth-order valence-electron chi connectivity index (χ4n) is 4.00. The molecular formula is C15H22O3. The lowest BCUT2D eigenvalue weighted by Gasteiger charge is -2.39. The first kappa shape index (κ1) is 12.2. The highest BCUT2D eigenvalue weighted by molar-refractivity contribution is 5.82. The lowest BCUT2D eigenvalue weighted by Crippen LogP contribution is -2.40. The van der Waals surface area contributed by atoms with Crippen LogP contribution in [0.25, 0.3) is 0 Å². The monoisotopic (exact) mass is 250 g/mol. The number of rotatable bonds is 3. The molecule has 3 rings (SSSR count). The molecule has 0 bridgehead atoms. The van der Waals surface area contributed by atoms with Gasteiger partial charge in [0.1, 0.15) is 0 Å². The van der Waals surface area contributed by atoms with Gasteiger partial charge in [-0.2, -0.15) is 0 Å². The zero-order valence-electron chi connectivity index (χ0n) is 11.1. The van der Waals surface area contributed by atoms with E-state index >= 15 is 0 Å². The normalized spacial score (nSPS) is 36.8. The Balaban J connectivity index is 1.75. The molecule has 0 aromatic rings. The third-order valence-electron chi connectivity index (χ3n) is 5.03. The van der Waals surface area contributed by atoms with Crippen LogP contribution in [0.1, 0.15) is 45.4 Å².